The topological polar surface area (TPSA) is 32.7 Å². The molecule has 0 aromatic heterocycles. The molecule has 2 aliphatic rings. The van der Waals surface area contributed by atoms with E-state index >= 15 is 0 Å². The predicted molar refractivity (Wildman–Crippen MR) is 84.4 cm³/mol. The highest BCUT2D eigenvalue weighted by Gasteiger charge is 2.37. The second kappa shape index (κ2) is 6.91. The molecule has 1 N–H and O–H groups in total. The molecule has 1 heterocycles. The van der Waals surface area contributed by atoms with Gasteiger partial charge in [0, 0.05) is 19.7 Å². The quantitative estimate of drug-likeness (QED) is 0.925. The average molecular weight is 289 g/mol. The van der Waals surface area contributed by atoms with Crippen LogP contribution < -0.4 is 0 Å². The molecule has 1 aromatic carbocycles. The van der Waals surface area contributed by atoms with Gasteiger partial charge in [0.25, 0.3) is 0 Å². The van der Waals surface area contributed by atoms with Gasteiger partial charge in [0.2, 0.25) is 0 Å². The second-order valence-electron chi connectivity index (χ2n) is 6.66. The first kappa shape index (κ1) is 15.0. The summed E-state index contributed by atoms with van der Waals surface area (Å²) in [6, 6.07) is 11.1. The van der Waals surface area contributed by atoms with Crippen molar-refractivity contribution in [2.75, 3.05) is 26.8 Å². The minimum absolute atomic E-state index is 0.161. The van der Waals surface area contributed by atoms with Crippen molar-refractivity contribution in [3.63, 3.8) is 0 Å². The van der Waals surface area contributed by atoms with Crippen LogP contribution >= 0.6 is 0 Å². The standard InChI is InChI=1S/C18H27NO2/c1-21-13-14-9-10-19(12-14)17-11-16(7-8-18(17)20)15-5-3-2-4-6-15/h2-6,14,16-18,20H,7-13H2,1H3. The number of hydrogen-bond donors (Lipinski definition) is 1. The lowest BCUT2D eigenvalue weighted by molar-refractivity contribution is 0.0209. The Morgan fingerprint density at radius 1 is 1.19 bits per heavy atom. The molecule has 0 bridgehead atoms. The van der Waals surface area contributed by atoms with Crippen LogP contribution in [-0.4, -0.2) is 49.0 Å². The summed E-state index contributed by atoms with van der Waals surface area (Å²) in [7, 11) is 1.78. The van der Waals surface area contributed by atoms with Gasteiger partial charge >= 0.3 is 0 Å². The van der Waals surface area contributed by atoms with Crippen LogP contribution in [0.3, 0.4) is 0 Å². The zero-order valence-electron chi connectivity index (χ0n) is 12.9. The average Bonchev–Trinajstić information content (AvgIpc) is 2.97. The lowest BCUT2D eigenvalue weighted by Gasteiger charge is -2.39. The molecule has 1 aliphatic heterocycles. The molecular weight excluding hydrogens is 262 g/mol. The van der Waals surface area contributed by atoms with E-state index in [-0.39, 0.29) is 6.10 Å². The highest BCUT2D eigenvalue weighted by molar-refractivity contribution is 5.20. The van der Waals surface area contributed by atoms with Crippen LogP contribution in [0.15, 0.2) is 30.3 Å². The summed E-state index contributed by atoms with van der Waals surface area (Å²) in [4.78, 5) is 2.50. The summed E-state index contributed by atoms with van der Waals surface area (Å²) >= 11 is 0. The maximum atomic E-state index is 10.4. The molecular formula is C18H27NO2. The van der Waals surface area contributed by atoms with Gasteiger partial charge in [-0.1, -0.05) is 30.3 Å². The SMILES string of the molecule is COCC1CCN(C2CC(c3ccccc3)CCC2O)C1. The van der Waals surface area contributed by atoms with Gasteiger partial charge in [0.15, 0.2) is 0 Å². The maximum Gasteiger partial charge on any atom is 0.0695 e. The number of benzene rings is 1. The van der Waals surface area contributed by atoms with Crippen molar-refractivity contribution in [3.8, 4) is 0 Å². The molecule has 3 heteroatoms. The second-order valence-corrected chi connectivity index (χ2v) is 6.66. The van der Waals surface area contributed by atoms with E-state index in [9.17, 15) is 5.11 Å². The smallest absolute Gasteiger partial charge is 0.0695 e. The first-order valence-corrected chi connectivity index (χ1v) is 8.24. The van der Waals surface area contributed by atoms with Gasteiger partial charge in [-0.3, -0.25) is 4.90 Å². The highest BCUT2D eigenvalue weighted by atomic mass is 16.5. The number of methoxy groups -OCH3 is 1. The van der Waals surface area contributed by atoms with Crippen molar-refractivity contribution in [1.29, 1.82) is 0 Å². The molecule has 1 aromatic rings. The molecule has 1 saturated heterocycles. The largest absolute Gasteiger partial charge is 0.391 e. The van der Waals surface area contributed by atoms with E-state index in [0.29, 0.717) is 17.9 Å². The Morgan fingerprint density at radius 2 is 2.00 bits per heavy atom. The first-order chi connectivity index (χ1) is 10.3. The van der Waals surface area contributed by atoms with Crippen LogP contribution in [0.1, 0.15) is 37.2 Å². The number of hydrogen-bond acceptors (Lipinski definition) is 3. The van der Waals surface area contributed by atoms with Gasteiger partial charge in [0.1, 0.15) is 0 Å². The Bertz CT molecular complexity index is 436. The molecule has 1 saturated carbocycles. The third kappa shape index (κ3) is 3.47. The van der Waals surface area contributed by atoms with Crippen LogP contribution in [-0.2, 0) is 4.74 Å². The van der Waals surface area contributed by atoms with Crippen molar-refractivity contribution >= 4 is 0 Å². The lowest BCUT2D eigenvalue weighted by Crippen LogP contribution is -2.46. The minimum atomic E-state index is -0.161. The van der Waals surface area contributed by atoms with E-state index < -0.39 is 0 Å². The van der Waals surface area contributed by atoms with Gasteiger partial charge in [-0.25, -0.2) is 0 Å². The molecule has 1 aliphatic carbocycles. The van der Waals surface area contributed by atoms with E-state index in [0.717, 1.165) is 39.0 Å². The number of aliphatic hydroxyl groups is 1. The fourth-order valence-corrected chi connectivity index (χ4v) is 4.09. The van der Waals surface area contributed by atoms with Crippen molar-refractivity contribution in [2.45, 2.75) is 43.7 Å². The van der Waals surface area contributed by atoms with E-state index in [4.69, 9.17) is 4.74 Å². The molecule has 116 valence electrons. The van der Waals surface area contributed by atoms with Crippen molar-refractivity contribution in [1.82, 2.24) is 4.90 Å². The fraction of sp³-hybridized carbons (Fsp3) is 0.667. The van der Waals surface area contributed by atoms with Crippen molar-refractivity contribution in [2.24, 2.45) is 5.92 Å². The summed E-state index contributed by atoms with van der Waals surface area (Å²) in [5.74, 6) is 1.24. The summed E-state index contributed by atoms with van der Waals surface area (Å²) in [5, 5.41) is 10.4. The molecule has 4 unspecified atom stereocenters. The minimum Gasteiger partial charge on any atom is -0.391 e. The van der Waals surface area contributed by atoms with E-state index in [2.05, 4.69) is 35.2 Å². The van der Waals surface area contributed by atoms with Gasteiger partial charge < -0.3 is 9.84 Å². The molecule has 0 radical (unpaired) electrons. The number of rotatable bonds is 4. The Hall–Kier alpha value is -0.900. The van der Waals surface area contributed by atoms with Gasteiger partial charge in [-0.15, -0.1) is 0 Å². The molecule has 3 rings (SSSR count). The van der Waals surface area contributed by atoms with Crippen molar-refractivity contribution in [3.05, 3.63) is 35.9 Å². The fourth-order valence-electron chi connectivity index (χ4n) is 4.09. The Labute approximate surface area is 127 Å². The van der Waals surface area contributed by atoms with Crippen LogP contribution in [0.2, 0.25) is 0 Å². The number of likely N-dealkylation sites (tertiary alicyclic amines) is 1. The summed E-state index contributed by atoms with van der Waals surface area (Å²) in [6.07, 6.45) is 4.16. The molecule has 3 nitrogen and oxygen atoms in total. The Balaban J connectivity index is 1.64. The zero-order chi connectivity index (χ0) is 14.7. The first-order valence-electron chi connectivity index (χ1n) is 8.24. The van der Waals surface area contributed by atoms with E-state index in [1.807, 2.05) is 0 Å². The third-order valence-corrected chi connectivity index (χ3v) is 5.24. The number of nitrogens with zero attached hydrogens (tertiary/aromatic N) is 1. The monoisotopic (exact) mass is 289 g/mol. The van der Waals surface area contributed by atoms with E-state index in [1.165, 1.54) is 12.0 Å². The van der Waals surface area contributed by atoms with Gasteiger partial charge in [-0.2, -0.15) is 0 Å². The van der Waals surface area contributed by atoms with Crippen LogP contribution in [0.4, 0.5) is 0 Å². The van der Waals surface area contributed by atoms with Crippen LogP contribution in [0, 0.1) is 5.92 Å². The molecule has 21 heavy (non-hydrogen) atoms. The number of ether oxygens (including phenoxy) is 1. The maximum absolute atomic E-state index is 10.4. The van der Waals surface area contributed by atoms with Crippen molar-refractivity contribution < 1.29 is 9.84 Å². The summed E-state index contributed by atoms with van der Waals surface area (Å²) in [5.41, 5.74) is 1.43. The van der Waals surface area contributed by atoms with Crippen LogP contribution in [0.25, 0.3) is 0 Å². The molecule has 0 spiro atoms. The predicted octanol–water partition coefficient (Wildman–Crippen LogP) is 2.65. The van der Waals surface area contributed by atoms with Crippen LogP contribution in [0.5, 0.6) is 0 Å². The third-order valence-electron chi connectivity index (χ3n) is 5.24. The van der Waals surface area contributed by atoms with Gasteiger partial charge in [-0.05, 0) is 49.6 Å². The molecule has 2 fully saturated rings. The summed E-state index contributed by atoms with van der Waals surface area (Å²) in [6.45, 7) is 3.04. The zero-order valence-corrected chi connectivity index (χ0v) is 12.9. The molecule has 4 atom stereocenters. The van der Waals surface area contributed by atoms with E-state index in [1.54, 1.807) is 7.11 Å². The van der Waals surface area contributed by atoms with Gasteiger partial charge in [0.05, 0.1) is 12.7 Å². The molecule has 0 amide bonds. The normalized spacial score (nSPS) is 34.2. The Kier molecular flexibility index (Phi) is 4.94. The highest BCUT2D eigenvalue weighted by Crippen LogP contribution is 2.36. The lowest BCUT2D eigenvalue weighted by atomic mass is 9.79. The number of aliphatic hydroxyl groups excluding tert-OH is 1. The summed E-state index contributed by atoms with van der Waals surface area (Å²) < 4.78 is 5.29. The Morgan fingerprint density at radius 3 is 2.76 bits per heavy atom.